The first-order valence-corrected chi connectivity index (χ1v) is 5.96. The summed E-state index contributed by atoms with van der Waals surface area (Å²) in [4.78, 5) is 23.2. The fourth-order valence-electron chi connectivity index (χ4n) is 1.82. The Bertz CT molecular complexity index is 509. The van der Waals surface area contributed by atoms with Gasteiger partial charge in [-0.15, -0.1) is 0 Å². The first-order valence-electron chi connectivity index (χ1n) is 5.96. The summed E-state index contributed by atoms with van der Waals surface area (Å²) < 4.78 is 20.4. The van der Waals surface area contributed by atoms with E-state index in [1.54, 1.807) is 12.1 Å². The quantitative estimate of drug-likeness (QED) is 0.585. The van der Waals surface area contributed by atoms with Crippen LogP contribution in [0.5, 0.6) is 17.2 Å². The van der Waals surface area contributed by atoms with Gasteiger partial charge in [-0.3, -0.25) is 9.59 Å². The Kier molecular flexibility index (Phi) is 5.37. The Hall–Kier alpha value is -2.24. The molecule has 1 aromatic carbocycles. The number of hydrogen-bond acceptors (Lipinski definition) is 6. The van der Waals surface area contributed by atoms with E-state index >= 15 is 0 Å². The summed E-state index contributed by atoms with van der Waals surface area (Å²) in [5.41, 5.74) is 0.263. The summed E-state index contributed by atoms with van der Waals surface area (Å²) in [6.07, 6.45) is -0.903. The molecular weight excluding hydrogens is 264 g/mol. The predicted molar refractivity (Wildman–Crippen MR) is 71.7 cm³/mol. The van der Waals surface area contributed by atoms with E-state index in [1.807, 2.05) is 0 Å². The highest BCUT2D eigenvalue weighted by Crippen LogP contribution is 2.40. The minimum absolute atomic E-state index is 0.246. The minimum Gasteiger partial charge on any atom is -0.493 e. The van der Waals surface area contributed by atoms with Crippen LogP contribution < -0.4 is 14.2 Å². The number of methoxy groups -OCH3 is 3. The lowest BCUT2D eigenvalue weighted by molar-refractivity contribution is -0.143. The number of benzene rings is 1. The summed E-state index contributed by atoms with van der Waals surface area (Å²) >= 11 is 0. The van der Waals surface area contributed by atoms with Gasteiger partial charge in [0.05, 0.1) is 26.9 Å². The molecule has 0 spiro atoms. The first kappa shape index (κ1) is 15.8. The molecule has 0 N–H and O–H groups in total. The maximum Gasteiger partial charge on any atom is 0.303 e. The maximum absolute atomic E-state index is 12.3. The highest BCUT2D eigenvalue weighted by atomic mass is 16.5. The van der Waals surface area contributed by atoms with E-state index < -0.39 is 12.1 Å². The lowest BCUT2D eigenvalue weighted by Crippen LogP contribution is -2.23. The standard InChI is InChI=1S/C14H18O6/c1-8(20-9(2)15)12(16)10-6-7-11(17-3)14(19-5)13(10)18-4/h6-8H,1-5H3. The summed E-state index contributed by atoms with van der Waals surface area (Å²) in [5.74, 6) is 0.107. The number of carbonyl (C=O) groups excluding carboxylic acids is 2. The van der Waals surface area contributed by atoms with E-state index in [0.29, 0.717) is 11.5 Å². The summed E-state index contributed by atoms with van der Waals surface area (Å²) in [7, 11) is 4.36. The zero-order chi connectivity index (χ0) is 15.3. The predicted octanol–water partition coefficient (Wildman–Crippen LogP) is 1.85. The average Bonchev–Trinajstić information content (AvgIpc) is 2.43. The van der Waals surface area contributed by atoms with Gasteiger partial charge in [-0.2, -0.15) is 0 Å². The van der Waals surface area contributed by atoms with Crippen molar-refractivity contribution in [3.63, 3.8) is 0 Å². The number of Topliss-reactive ketones (excluding diaryl/α,β-unsaturated/α-hetero) is 1. The van der Waals surface area contributed by atoms with Gasteiger partial charge in [0.2, 0.25) is 11.5 Å². The average molecular weight is 282 g/mol. The van der Waals surface area contributed by atoms with Crippen LogP contribution in [0.3, 0.4) is 0 Å². The molecule has 0 aromatic heterocycles. The van der Waals surface area contributed by atoms with Crippen molar-refractivity contribution in [1.82, 2.24) is 0 Å². The van der Waals surface area contributed by atoms with E-state index in [9.17, 15) is 9.59 Å². The molecule has 1 rings (SSSR count). The van der Waals surface area contributed by atoms with Gasteiger partial charge in [0.1, 0.15) is 0 Å². The van der Waals surface area contributed by atoms with Crippen LogP contribution in [0.4, 0.5) is 0 Å². The molecular formula is C14H18O6. The number of hydrogen-bond donors (Lipinski definition) is 0. The van der Waals surface area contributed by atoms with Crippen LogP contribution in [0.15, 0.2) is 12.1 Å². The summed E-state index contributed by atoms with van der Waals surface area (Å²) in [6, 6.07) is 3.14. The van der Waals surface area contributed by atoms with Crippen LogP contribution in [-0.2, 0) is 9.53 Å². The molecule has 0 fully saturated rings. The van der Waals surface area contributed by atoms with E-state index in [4.69, 9.17) is 18.9 Å². The van der Waals surface area contributed by atoms with Crippen molar-refractivity contribution < 1.29 is 28.5 Å². The van der Waals surface area contributed by atoms with Crippen LogP contribution in [0, 0.1) is 0 Å². The molecule has 1 aromatic rings. The minimum atomic E-state index is -0.903. The van der Waals surface area contributed by atoms with Crippen LogP contribution in [0.1, 0.15) is 24.2 Å². The maximum atomic E-state index is 12.3. The molecule has 0 aliphatic carbocycles. The van der Waals surface area contributed by atoms with Gasteiger partial charge < -0.3 is 18.9 Å². The molecule has 0 aliphatic rings. The SMILES string of the molecule is COc1ccc(C(=O)C(C)OC(C)=O)c(OC)c1OC. The van der Waals surface area contributed by atoms with Gasteiger partial charge in [-0.25, -0.2) is 0 Å². The number of ether oxygens (including phenoxy) is 4. The molecule has 1 atom stereocenters. The van der Waals surface area contributed by atoms with E-state index in [0.717, 1.165) is 0 Å². The molecule has 6 nitrogen and oxygen atoms in total. The summed E-state index contributed by atoms with van der Waals surface area (Å²) in [6.45, 7) is 2.75. The van der Waals surface area contributed by atoms with Crippen molar-refractivity contribution in [3.05, 3.63) is 17.7 Å². The molecule has 0 radical (unpaired) electrons. The molecule has 0 saturated heterocycles. The van der Waals surface area contributed by atoms with Gasteiger partial charge in [-0.05, 0) is 19.1 Å². The molecule has 0 aliphatic heterocycles. The summed E-state index contributed by atoms with van der Waals surface area (Å²) in [5, 5.41) is 0. The molecule has 1 unspecified atom stereocenters. The Morgan fingerprint density at radius 1 is 1.00 bits per heavy atom. The molecule has 20 heavy (non-hydrogen) atoms. The largest absolute Gasteiger partial charge is 0.493 e. The Balaban J connectivity index is 3.24. The fraction of sp³-hybridized carbons (Fsp3) is 0.429. The third-order valence-electron chi connectivity index (χ3n) is 2.68. The van der Waals surface area contributed by atoms with Crippen molar-refractivity contribution >= 4 is 11.8 Å². The Morgan fingerprint density at radius 3 is 2.05 bits per heavy atom. The van der Waals surface area contributed by atoms with Crippen LogP contribution in [0.2, 0.25) is 0 Å². The molecule has 6 heteroatoms. The number of esters is 1. The zero-order valence-corrected chi connectivity index (χ0v) is 12.2. The molecule has 0 heterocycles. The fourth-order valence-corrected chi connectivity index (χ4v) is 1.82. The molecule has 0 amide bonds. The second kappa shape index (κ2) is 6.79. The third kappa shape index (κ3) is 3.20. The zero-order valence-electron chi connectivity index (χ0n) is 12.2. The van der Waals surface area contributed by atoms with Gasteiger partial charge in [0.25, 0.3) is 0 Å². The highest BCUT2D eigenvalue weighted by Gasteiger charge is 2.25. The Morgan fingerprint density at radius 2 is 1.60 bits per heavy atom. The second-order valence-electron chi connectivity index (χ2n) is 4.00. The van der Waals surface area contributed by atoms with Gasteiger partial charge in [0.15, 0.2) is 17.6 Å². The lowest BCUT2D eigenvalue weighted by atomic mass is 10.0. The lowest BCUT2D eigenvalue weighted by Gasteiger charge is -2.17. The van der Waals surface area contributed by atoms with Crippen molar-refractivity contribution in [2.75, 3.05) is 21.3 Å². The van der Waals surface area contributed by atoms with Crippen LogP contribution >= 0.6 is 0 Å². The van der Waals surface area contributed by atoms with Gasteiger partial charge in [0, 0.05) is 6.92 Å². The Labute approximate surface area is 117 Å². The third-order valence-corrected chi connectivity index (χ3v) is 2.68. The van der Waals surface area contributed by atoms with E-state index in [2.05, 4.69) is 0 Å². The van der Waals surface area contributed by atoms with Crippen molar-refractivity contribution in [1.29, 1.82) is 0 Å². The first-order chi connectivity index (χ1) is 9.46. The van der Waals surface area contributed by atoms with E-state index in [-0.39, 0.29) is 17.1 Å². The number of carbonyl (C=O) groups is 2. The number of rotatable bonds is 6. The molecule has 0 bridgehead atoms. The van der Waals surface area contributed by atoms with Crippen molar-refractivity contribution in [2.24, 2.45) is 0 Å². The smallest absolute Gasteiger partial charge is 0.303 e. The van der Waals surface area contributed by atoms with Crippen molar-refractivity contribution in [3.8, 4) is 17.2 Å². The monoisotopic (exact) mass is 282 g/mol. The molecule has 110 valence electrons. The van der Waals surface area contributed by atoms with Crippen LogP contribution in [-0.4, -0.2) is 39.2 Å². The highest BCUT2D eigenvalue weighted by molar-refractivity contribution is 6.03. The van der Waals surface area contributed by atoms with Gasteiger partial charge in [-0.1, -0.05) is 0 Å². The van der Waals surface area contributed by atoms with E-state index in [1.165, 1.54) is 35.2 Å². The van der Waals surface area contributed by atoms with Crippen LogP contribution in [0.25, 0.3) is 0 Å². The number of ketones is 1. The topological polar surface area (TPSA) is 71.1 Å². The van der Waals surface area contributed by atoms with Crippen molar-refractivity contribution in [2.45, 2.75) is 20.0 Å². The molecule has 0 saturated carbocycles. The second-order valence-corrected chi connectivity index (χ2v) is 4.00. The normalized spacial score (nSPS) is 11.4. The van der Waals surface area contributed by atoms with Gasteiger partial charge >= 0.3 is 5.97 Å².